The fourth-order valence-corrected chi connectivity index (χ4v) is 1.16. The molecule has 0 bridgehead atoms. The highest BCUT2D eigenvalue weighted by atomic mass is 15.1. The molecule has 0 unspecified atom stereocenters. The van der Waals surface area contributed by atoms with E-state index in [1.165, 1.54) is 11.3 Å². The quantitative estimate of drug-likeness (QED) is 0.656. The van der Waals surface area contributed by atoms with Crippen LogP contribution < -0.4 is 4.90 Å². The molecule has 0 N–H and O–H groups in total. The van der Waals surface area contributed by atoms with Crippen LogP contribution in [0.3, 0.4) is 0 Å². The third-order valence-corrected chi connectivity index (χ3v) is 2.00. The number of nitrogens with zero attached hydrogens (tertiary/aromatic N) is 1. The van der Waals surface area contributed by atoms with Crippen LogP contribution in [-0.4, -0.2) is 14.1 Å². The number of benzene rings is 1. The van der Waals surface area contributed by atoms with Gasteiger partial charge in [-0.3, -0.25) is 0 Å². The molecule has 0 aliphatic heterocycles. The van der Waals surface area contributed by atoms with E-state index in [1.807, 2.05) is 39.2 Å². The van der Waals surface area contributed by atoms with E-state index in [1.54, 1.807) is 0 Å². The van der Waals surface area contributed by atoms with Gasteiger partial charge in [0.25, 0.3) is 0 Å². The predicted molar refractivity (Wildman–Crippen MR) is 64.6 cm³/mol. The summed E-state index contributed by atoms with van der Waals surface area (Å²) in [6.45, 7) is 2.01. The van der Waals surface area contributed by atoms with Crippen LogP contribution in [0.2, 0.25) is 0 Å². The molecule has 14 heavy (non-hydrogen) atoms. The average Bonchev–Trinajstić information content (AvgIpc) is 2.19. The second-order valence-corrected chi connectivity index (χ2v) is 3.37. The first kappa shape index (κ1) is 10.6. The van der Waals surface area contributed by atoms with E-state index in [2.05, 4.69) is 35.2 Å². The number of hydrogen-bond donors (Lipinski definition) is 0. The minimum atomic E-state index is 1.23. The van der Waals surface area contributed by atoms with Gasteiger partial charge in [0, 0.05) is 19.8 Å². The Morgan fingerprint density at radius 2 is 1.64 bits per heavy atom. The van der Waals surface area contributed by atoms with E-state index in [0.717, 1.165) is 0 Å². The molecule has 0 spiro atoms. The van der Waals surface area contributed by atoms with E-state index < -0.39 is 0 Å². The molecule has 0 saturated heterocycles. The van der Waals surface area contributed by atoms with Crippen molar-refractivity contribution in [1.82, 2.24) is 0 Å². The summed E-state index contributed by atoms with van der Waals surface area (Å²) < 4.78 is 0. The van der Waals surface area contributed by atoms with Gasteiger partial charge in [0.05, 0.1) is 0 Å². The molecule has 1 rings (SSSR count). The second kappa shape index (κ2) is 5.28. The number of rotatable bonds is 3. The van der Waals surface area contributed by atoms with Gasteiger partial charge < -0.3 is 4.90 Å². The Morgan fingerprint density at radius 3 is 2.14 bits per heavy atom. The van der Waals surface area contributed by atoms with E-state index in [-0.39, 0.29) is 0 Å². The van der Waals surface area contributed by atoms with Gasteiger partial charge in [-0.25, -0.2) is 0 Å². The van der Waals surface area contributed by atoms with Gasteiger partial charge in [-0.05, 0) is 24.6 Å². The molecule has 0 amide bonds. The van der Waals surface area contributed by atoms with E-state index >= 15 is 0 Å². The van der Waals surface area contributed by atoms with E-state index in [0.29, 0.717) is 0 Å². The summed E-state index contributed by atoms with van der Waals surface area (Å²) in [5.74, 6) is 0. The van der Waals surface area contributed by atoms with Crippen molar-refractivity contribution in [3.05, 3.63) is 48.1 Å². The fraction of sp³-hybridized carbons (Fsp3) is 0.231. The predicted octanol–water partition coefficient (Wildman–Crippen LogP) is 3.34. The first-order valence-corrected chi connectivity index (χ1v) is 4.81. The maximum absolute atomic E-state index is 2.12. The average molecular weight is 187 g/mol. The fourth-order valence-electron chi connectivity index (χ4n) is 1.16. The number of allylic oxidation sites excluding steroid dienone is 3. The number of hydrogen-bond acceptors (Lipinski definition) is 1. The summed E-state index contributed by atoms with van der Waals surface area (Å²) >= 11 is 0. The molecule has 0 aromatic heterocycles. The maximum atomic E-state index is 2.12. The van der Waals surface area contributed by atoms with Gasteiger partial charge in [-0.15, -0.1) is 0 Å². The van der Waals surface area contributed by atoms with Crippen molar-refractivity contribution in [2.75, 3.05) is 19.0 Å². The molecule has 0 fully saturated rings. The molecular formula is C13H17N. The maximum Gasteiger partial charge on any atom is 0.0361 e. The van der Waals surface area contributed by atoms with Gasteiger partial charge in [-0.2, -0.15) is 0 Å². The van der Waals surface area contributed by atoms with Crippen molar-refractivity contribution < 1.29 is 0 Å². The SMILES string of the molecule is C/C=C/C=C/c1ccc(N(C)C)cc1. The minimum absolute atomic E-state index is 1.23. The smallest absolute Gasteiger partial charge is 0.0361 e. The second-order valence-electron chi connectivity index (χ2n) is 3.37. The van der Waals surface area contributed by atoms with Crippen LogP contribution in [0.1, 0.15) is 12.5 Å². The Bertz CT molecular complexity index is 318. The largest absolute Gasteiger partial charge is 0.378 e. The summed E-state index contributed by atoms with van der Waals surface area (Å²) in [6.07, 6.45) is 8.19. The molecule has 0 radical (unpaired) electrons. The molecule has 0 atom stereocenters. The monoisotopic (exact) mass is 187 g/mol. The molecule has 74 valence electrons. The molecule has 0 saturated carbocycles. The summed E-state index contributed by atoms with van der Waals surface area (Å²) in [5.41, 5.74) is 2.46. The number of anilines is 1. The topological polar surface area (TPSA) is 3.24 Å². The minimum Gasteiger partial charge on any atom is -0.378 e. The van der Waals surface area contributed by atoms with Crippen molar-refractivity contribution in [2.45, 2.75) is 6.92 Å². The van der Waals surface area contributed by atoms with Crippen molar-refractivity contribution in [1.29, 1.82) is 0 Å². The van der Waals surface area contributed by atoms with Gasteiger partial charge >= 0.3 is 0 Å². The van der Waals surface area contributed by atoms with Crippen molar-refractivity contribution >= 4 is 11.8 Å². The summed E-state index contributed by atoms with van der Waals surface area (Å²) in [4.78, 5) is 2.10. The van der Waals surface area contributed by atoms with Gasteiger partial charge in [0.2, 0.25) is 0 Å². The Kier molecular flexibility index (Phi) is 3.99. The van der Waals surface area contributed by atoms with E-state index in [4.69, 9.17) is 0 Å². The molecule has 1 nitrogen and oxygen atoms in total. The zero-order chi connectivity index (χ0) is 10.4. The van der Waals surface area contributed by atoms with Crippen molar-refractivity contribution in [3.8, 4) is 0 Å². The first-order valence-electron chi connectivity index (χ1n) is 4.81. The van der Waals surface area contributed by atoms with Crippen LogP contribution in [0.4, 0.5) is 5.69 Å². The Morgan fingerprint density at radius 1 is 1.00 bits per heavy atom. The van der Waals surface area contributed by atoms with Crippen LogP contribution in [0.5, 0.6) is 0 Å². The molecule has 0 aliphatic carbocycles. The Hall–Kier alpha value is -1.50. The zero-order valence-electron chi connectivity index (χ0n) is 9.07. The van der Waals surface area contributed by atoms with Crippen molar-refractivity contribution in [2.24, 2.45) is 0 Å². The molecular weight excluding hydrogens is 170 g/mol. The van der Waals surface area contributed by atoms with Crippen LogP contribution in [0.25, 0.3) is 6.08 Å². The molecule has 1 aromatic rings. The molecule has 0 heterocycles. The molecule has 1 aromatic carbocycles. The summed E-state index contributed by atoms with van der Waals surface area (Å²) in [6, 6.07) is 8.48. The van der Waals surface area contributed by atoms with Gasteiger partial charge in [-0.1, -0.05) is 36.4 Å². The summed E-state index contributed by atoms with van der Waals surface area (Å²) in [5, 5.41) is 0. The lowest BCUT2D eigenvalue weighted by atomic mass is 10.2. The van der Waals surface area contributed by atoms with E-state index in [9.17, 15) is 0 Å². The zero-order valence-corrected chi connectivity index (χ0v) is 9.07. The van der Waals surface area contributed by atoms with Crippen molar-refractivity contribution in [3.63, 3.8) is 0 Å². The molecule has 0 aliphatic rings. The lowest BCUT2D eigenvalue weighted by Gasteiger charge is -2.11. The molecule has 1 heteroatoms. The third kappa shape index (κ3) is 3.09. The highest BCUT2D eigenvalue weighted by Crippen LogP contribution is 2.12. The Balaban J connectivity index is 2.73. The highest BCUT2D eigenvalue weighted by Gasteiger charge is 1.92. The normalized spacial score (nSPS) is 11.4. The van der Waals surface area contributed by atoms with Crippen LogP contribution in [-0.2, 0) is 0 Å². The van der Waals surface area contributed by atoms with Gasteiger partial charge in [0.15, 0.2) is 0 Å². The van der Waals surface area contributed by atoms with Gasteiger partial charge in [0.1, 0.15) is 0 Å². The first-order chi connectivity index (χ1) is 6.74. The lowest BCUT2D eigenvalue weighted by molar-refractivity contribution is 1.13. The Labute approximate surface area is 86.4 Å². The highest BCUT2D eigenvalue weighted by molar-refractivity contribution is 5.56. The van der Waals surface area contributed by atoms with Crippen LogP contribution >= 0.6 is 0 Å². The third-order valence-electron chi connectivity index (χ3n) is 2.00. The van der Waals surface area contributed by atoms with Crippen LogP contribution in [0.15, 0.2) is 42.5 Å². The summed E-state index contributed by atoms with van der Waals surface area (Å²) in [7, 11) is 4.09. The lowest BCUT2D eigenvalue weighted by Crippen LogP contribution is -2.07. The standard InChI is InChI=1S/C13H17N/c1-4-5-6-7-12-8-10-13(11-9-12)14(2)3/h4-11H,1-3H3/b5-4+,7-6+. The van der Waals surface area contributed by atoms with Crippen LogP contribution in [0, 0.1) is 0 Å².